The molecule has 1 aliphatic rings. The van der Waals surface area contributed by atoms with E-state index in [4.69, 9.17) is 9.47 Å². The highest BCUT2D eigenvalue weighted by Gasteiger charge is 2.20. The summed E-state index contributed by atoms with van der Waals surface area (Å²) in [5, 5.41) is 0. The van der Waals surface area contributed by atoms with E-state index in [1.54, 1.807) is 7.11 Å². The third kappa shape index (κ3) is 4.39. The average Bonchev–Trinajstić information content (AvgIpc) is 2.48. The van der Waals surface area contributed by atoms with E-state index in [1.807, 2.05) is 24.3 Å². The minimum atomic E-state index is 0.681. The fourth-order valence-electron chi connectivity index (χ4n) is 2.64. The second-order valence-corrected chi connectivity index (χ2v) is 5.59. The number of hydrogen-bond donors (Lipinski definition) is 0. The van der Waals surface area contributed by atoms with Crippen LogP contribution in [0.15, 0.2) is 24.3 Å². The zero-order chi connectivity index (χ0) is 14.4. The Bertz CT molecular complexity index is 409. The highest BCUT2D eigenvalue weighted by Crippen LogP contribution is 2.19. The summed E-state index contributed by atoms with van der Waals surface area (Å²) in [5.41, 5.74) is 0. The van der Waals surface area contributed by atoms with Gasteiger partial charge in [0.2, 0.25) is 0 Å². The Balaban J connectivity index is 1.75. The lowest BCUT2D eigenvalue weighted by Crippen LogP contribution is -2.46. The van der Waals surface area contributed by atoms with Gasteiger partial charge in [-0.3, -0.25) is 4.90 Å². The quantitative estimate of drug-likeness (QED) is 0.795. The van der Waals surface area contributed by atoms with E-state index in [2.05, 4.69) is 23.9 Å². The van der Waals surface area contributed by atoms with E-state index in [1.165, 1.54) is 19.4 Å². The topological polar surface area (TPSA) is 24.9 Å². The first-order valence-corrected chi connectivity index (χ1v) is 7.34. The Kier molecular flexibility index (Phi) is 5.68. The molecule has 0 bridgehead atoms. The molecule has 0 amide bonds. The first kappa shape index (κ1) is 15.1. The molecule has 20 heavy (non-hydrogen) atoms. The summed E-state index contributed by atoms with van der Waals surface area (Å²) in [4.78, 5) is 4.82. The van der Waals surface area contributed by atoms with Gasteiger partial charge in [-0.1, -0.05) is 6.07 Å². The van der Waals surface area contributed by atoms with Crippen LogP contribution in [-0.2, 0) is 0 Å². The maximum Gasteiger partial charge on any atom is 0.123 e. The lowest BCUT2D eigenvalue weighted by molar-refractivity contribution is 0.117. The van der Waals surface area contributed by atoms with E-state index in [9.17, 15) is 0 Å². The summed E-state index contributed by atoms with van der Waals surface area (Å²) in [5.74, 6) is 1.72. The van der Waals surface area contributed by atoms with E-state index in [0.29, 0.717) is 6.04 Å². The number of likely N-dealkylation sites (tertiary alicyclic amines) is 1. The number of likely N-dealkylation sites (N-methyl/N-ethyl adjacent to an activating group) is 1. The molecule has 1 aromatic carbocycles. The van der Waals surface area contributed by atoms with Crippen LogP contribution >= 0.6 is 0 Å². The number of methoxy groups -OCH3 is 1. The number of ether oxygens (including phenoxy) is 2. The lowest BCUT2D eigenvalue weighted by Gasteiger charge is -2.36. The lowest BCUT2D eigenvalue weighted by atomic mass is 10.1. The third-order valence-electron chi connectivity index (χ3n) is 3.93. The normalized spacial score (nSPS) is 20.1. The molecule has 1 fully saturated rings. The summed E-state index contributed by atoms with van der Waals surface area (Å²) in [6.07, 6.45) is 2.59. The van der Waals surface area contributed by atoms with Crippen LogP contribution in [0.4, 0.5) is 0 Å². The predicted molar refractivity (Wildman–Crippen MR) is 81.6 cm³/mol. The SMILES string of the molecule is COc1cccc(OCCN2CCC[C@H](N(C)C)C2)c1. The molecule has 0 unspecified atom stereocenters. The number of rotatable bonds is 6. The van der Waals surface area contributed by atoms with E-state index >= 15 is 0 Å². The molecule has 4 nitrogen and oxygen atoms in total. The van der Waals surface area contributed by atoms with Crippen molar-refractivity contribution in [1.82, 2.24) is 9.80 Å². The Hall–Kier alpha value is -1.26. The van der Waals surface area contributed by atoms with Gasteiger partial charge in [-0.2, -0.15) is 0 Å². The Morgan fingerprint density at radius 3 is 2.85 bits per heavy atom. The first-order valence-electron chi connectivity index (χ1n) is 7.34. The molecule has 1 heterocycles. The number of hydrogen-bond acceptors (Lipinski definition) is 4. The van der Waals surface area contributed by atoms with Crippen molar-refractivity contribution in [2.24, 2.45) is 0 Å². The molecule has 1 atom stereocenters. The minimum absolute atomic E-state index is 0.681. The molecule has 2 rings (SSSR count). The van der Waals surface area contributed by atoms with Gasteiger partial charge in [-0.15, -0.1) is 0 Å². The monoisotopic (exact) mass is 278 g/mol. The zero-order valence-electron chi connectivity index (χ0n) is 12.8. The summed E-state index contributed by atoms with van der Waals surface area (Å²) in [6.45, 7) is 4.05. The van der Waals surface area contributed by atoms with Crippen LogP contribution < -0.4 is 9.47 Å². The van der Waals surface area contributed by atoms with Crippen LogP contribution in [0.2, 0.25) is 0 Å². The molecule has 112 valence electrons. The summed E-state index contributed by atoms with van der Waals surface area (Å²) < 4.78 is 11.0. The molecule has 4 heteroatoms. The van der Waals surface area contributed by atoms with E-state index < -0.39 is 0 Å². The standard InChI is InChI=1S/C16H26N2O2/c1-17(2)14-6-5-9-18(13-14)10-11-20-16-8-4-7-15(12-16)19-3/h4,7-8,12,14H,5-6,9-11,13H2,1-3H3/t14-/m0/s1. The van der Waals surface area contributed by atoms with Gasteiger partial charge in [-0.05, 0) is 45.6 Å². The van der Waals surface area contributed by atoms with Crippen molar-refractivity contribution in [3.8, 4) is 11.5 Å². The van der Waals surface area contributed by atoms with Crippen LogP contribution in [0.5, 0.6) is 11.5 Å². The highest BCUT2D eigenvalue weighted by molar-refractivity contribution is 5.32. The highest BCUT2D eigenvalue weighted by atomic mass is 16.5. The molecular formula is C16H26N2O2. The molecule has 0 saturated carbocycles. The summed E-state index contributed by atoms with van der Waals surface area (Å²) >= 11 is 0. The summed E-state index contributed by atoms with van der Waals surface area (Å²) in [7, 11) is 6.01. The van der Waals surface area contributed by atoms with Gasteiger partial charge in [0, 0.05) is 25.2 Å². The molecule has 1 aliphatic heterocycles. The van der Waals surface area contributed by atoms with E-state index in [0.717, 1.165) is 31.2 Å². The molecule has 0 aliphatic carbocycles. The van der Waals surface area contributed by atoms with Crippen LogP contribution in [0.25, 0.3) is 0 Å². The third-order valence-corrected chi connectivity index (χ3v) is 3.93. The van der Waals surface area contributed by atoms with Gasteiger partial charge in [0.1, 0.15) is 18.1 Å². The van der Waals surface area contributed by atoms with Gasteiger partial charge >= 0.3 is 0 Å². The number of nitrogens with zero attached hydrogens (tertiary/aromatic N) is 2. The maximum atomic E-state index is 5.81. The van der Waals surface area contributed by atoms with Crippen LogP contribution in [0.3, 0.4) is 0 Å². The van der Waals surface area contributed by atoms with Crippen molar-refractivity contribution in [2.45, 2.75) is 18.9 Å². The van der Waals surface area contributed by atoms with E-state index in [-0.39, 0.29) is 0 Å². The Morgan fingerprint density at radius 2 is 2.10 bits per heavy atom. The molecule has 0 radical (unpaired) electrons. The van der Waals surface area contributed by atoms with Crippen molar-refractivity contribution >= 4 is 0 Å². The van der Waals surface area contributed by atoms with Crippen molar-refractivity contribution in [3.05, 3.63) is 24.3 Å². The maximum absolute atomic E-state index is 5.81. The van der Waals surface area contributed by atoms with Crippen LogP contribution in [-0.4, -0.2) is 63.3 Å². The van der Waals surface area contributed by atoms with Gasteiger partial charge in [-0.25, -0.2) is 0 Å². The number of benzene rings is 1. The van der Waals surface area contributed by atoms with Crippen molar-refractivity contribution < 1.29 is 9.47 Å². The molecule has 0 aromatic heterocycles. The smallest absolute Gasteiger partial charge is 0.123 e. The van der Waals surface area contributed by atoms with Gasteiger partial charge in [0.05, 0.1) is 7.11 Å². The van der Waals surface area contributed by atoms with Gasteiger partial charge in [0.25, 0.3) is 0 Å². The summed E-state index contributed by atoms with van der Waals surface area (Å²) in [6, 6.07) is 8.47. The zero-order valence-corrected chi connectivity index (χ0v) is 12.8. The first-order chi connectivity index (χ1) is 9.69. The van der Waals surface area contributed by atoms with Crippen molar-refractivity contribution in [2.75, 3.05) is 47.4 Å². The second kappa shape index (κ2) is 7.50. The molecule has 0 N–H and O–H groups in total. The fraction of sp³-hybridized carbons (Fsp3) is 0.625. The largest absolute Gasteiger partial charge is 0.497 e. The van der Waals surface area contributed by atoms with Crippen LogP contribution in [0.1, 0.15) is 12.8 Å². The Labute approximate surface area is 122 Å². The molecule has 0 spiro atoms. The van der Waals surface area contributed by atoms with Crippen molar-refractivity contribution in [1.29, 1.82) is 0 Å². The number of piperidine rings is 1. The van der Waals surface area contributed by atoms with Crippen molar-refractivity contribution in [3.63, 3.8) is 0 Å². The van der Waals surface area contributed by atoms with Gasteiger partial charge in [0.15, 0.2) is 0 Å². The fourth-order valence-corrected chi connectivity index (χ4v) is 2.64. The van der Waals surface area contributed by atoms with Gasteiger partial charge < -0.3 is 14.4 Å². The molecular weight excluding hydrogens is 252 g/mol. The second-order valence-electron chi connectivity index (χ2n) is 5.59. The predicted octanol–water partition coefficient (Wildman–Crippen LogP) is 2.10. The Morgan fingerprint density at radius 1 is 1.30 bits per heavy atom. The molecule has 1 aromatic rings. The minimum Gasteiger partial charge on any atom is -0.497 e. The average molecular weight is 278 g/mol. The van der Waals surface area contributed by atoms with Crippen LogP contribution in [0, 0.1) is 0 Å². The molecule has 1 saturated heterocycles.